The fraction of sp³-hybridized carbons (Fsp3) is 0.167. The normalized spacial score (nSPS) is 15.1. The number of rotatable bonds is 2. The Kier molecular flexibility index (Phi) is 3.31. The van der Waals surface area contributed by atoms with Crippen LogP contribution in [-0.2, 0) is 15.1 Å². The van der Waals surface area contributed by atoms with E-state index < -0.39 is 22.2 Å². The summed E-state index contributed by atoms with van der Waals surface area (Å²) in [4.78, 5) is 11.4. The highest BCUT2D eigenvalue weighted by molar-refractivity contribution is 7.73. The van der Waals surface area contributed by atoms with Crippen molar-refractivity contribution in [3.05, 3.63) is 41.0 Å². The molecule has 1 aromatic rings. The zero-order chi connectivity index (χ0) is 13.3. The van der Waals surface area contributed by atoms with Gasteiger partial charge < -0.3 is 11.5 Å². The van der Waals surface area contributed by atoms with Crippen LogP contribution in [0, 0.1) is 0 Å². The minimum Gasteiger partial charge on any atom is -0.368 e. The van der Waals surface area contributed by atoms with E-state index in [1.807, 2.05) is 0 Å². The predicted octanol–water partition coefficient (Wildman–Crippen LogP) is -0.0118. The zero-order valence-electron chi connectivity index (χ0n) is 9.46. The lowest BCUT2D eigenvalue weighted by atomic mass is 9.90. The molecule has 0 fully saturated rings. The van der Waals surface area contributed by atoms with Gasteiger partial charge in [-0.05, 0) is 11.1 Å². The molecule has 0 radical (unpaired) electrons. The Morgan fingerprint density at radius 2 is 2.06 bits per heavy atom. The summed E-state index contributed by atoms with van der Waals surface area (Å²) in [6.45, 7) is 0. The van der Waals surface area contributed by atoms with Crippen molar-refractivity contribution in [1.29, 1.82) is 0 Å². The Balaban J connectivity index is 2.70. The van der Waals surface area contributed by atoms with Gasteiger partial charge in [-0.3, -0.25) is 4.79 Å². The van der Waals surface area contributed by atoms with E-state index in [4.69, 9.17) is 11.5 Å². The van der Waals surface area contributed by atoms with Crippen molar-refractivity contribution in [1.82, 2.24) is 0 Å². The molecule has 0 bridgehead atoms. The van der Waals surface area contributed by atoms with E-state index in [9.17, 15) is 13.2 Å². The molecule has 1 aromatic carbocycles. The van der Waals surface area contributed by atoms with Crippen LogP contribution in [-0.4, -0.2) is 19.2 Å². The van der Waals surface area contributed by atoms with Gasteiger partial charge in [0.15, 0.2) is 0 Å². The van der Waals surface area contributed by atoms with E-state index in [1.165, 1.54) is 0 Å². The smallest absolute Gasteiger partial charge is 0.238 e. The summed E-state index contributed by atoms with van der Waals surface area (Å²) in [6, 6.07) is 4.10. The molecular formula is C12H12N2O3S. The minimum absolute atomic E-state index is 0.297. The molecule has 0 aromatic heterocycles. The number of carbonyl (C=O) groups excluding carboxylic acids is 1. The van der Waals surface area contributed by atoms with Crippen molar-refractivity contribution >= 4 is 27.1 Å². The number of nitrogens with two attached hydrogens (primary N) is 2. The highest BCUT2D eigenvalue weighted by atomic mass is 32.2. The van der Waals surface area contributed by atoms with E-state index in [0.717, 1.165) is 0 Å². The molecule has 0 saturated carbocycles. The first-order valence-corrected chi connectivity index (χ1v) is 6.39. The molecule has 94 valence electrons. The third-order valence-electron chi connectivity index (χ3n) is 2.87. The van der Waals surface area contributed by atoms with Crippen LogP contribution in [0.15, 0.2) is 24.3 Å². The Morgan fingerprint density at radius 3 is 2.67 bits per heavy atom. The average molecular weight is 264 g/mol. The fourth-order valence-corrected chi connectivity index (χ4v) is 2.58. The van der Waals surface area contributed by atoms with Crippen molar-refractivity contribution in [3.8, 4) is 0 Å². The standard InChI is InChI=1S/C12H12N2O3S/c13-11(12(14)15)9-5-1-4-8-7(9)3-2-6-10(8)18(16)17/h1-5,11H,6,13H2,(H2,14,15). The number of hydrogen-bond donors (Lipinski definition) is 2. The lowest BCUT2D eigenvalue weighted by Gasteiger charge is -2.17. The quantitative estimate of drug-likeness (QED) is 0.733. The maximum Gasteiger partial charge on any atom is 0.238 e. The molecule has 5 nitrogen and oxygen atoms in total. The Morgan fingerprint density at radius 1 is 1.33 bits per heavy atom. The zero-order valence-corrected chi connectivity index (χ0v) is 10.3. The molecule has 1 amide bonds. The van der Waals surface area contributed by atoms with Crippen LogP contribution < -0.4 is 11.5 Å². The monoisotopic (exact) mass is 264 g/mol. The van der Waals surface area contributed by atoms with Gasteiger partial charge in [-0.25, -0.2) is 0 Å². The molecule has 2 rings (SSSR count). The first-order chi connectivity index (χ1) is 8.52. The summed E-state index contributed by atoms with van der Waals surface area (Å²) in [5, 5.41) is 0. The van der Waals surface area contributed by atoms with Crippen LogP contribution in [0.1, 0.15) is 29.2 Å². The molecule has 0 aliphatic heterocycles. The van der Waals surface area contributed by atoms with Gasteiger partial charge in [0.05, 0.1) is 4.86 Å². The molecule has 6 heteroatoms. The van der Waals surface area contributed by atoms with E-state index in [-0.39, 0.29) is 0 Å². The second-order valence-corrected chi connectivity index (χ2v) is 4.92. The summed E-state index contributed by atoms with van der Waals surface area (Å²) in [5.74, 6) is -0.646. The Labute approximate surface area is 106 Å². The first-order valence-electron chi connectivity index (χ1n) is 5.32. The summed E-state index contributed by atoms with van der Waals surface area (Å²) >= 11 is 0. The lowest BCUT2D eigenvalue weighted by Crippen LogP contribution is -2.29. The van der Waals surface area contributed by atoms with Gasteiger partial charge in [0, 0.05) is 12.0 Å². The molecule has 4 N–H and O–H groups in total. The van der Waals surface area contributed by atoms with Crippen molar-refractivity contribution < 1.29 is 13.2 Å². The van der Waals surface area contributed by atoms with E-state index in [2.05, 4.69) is 0 Å². The fourth-order valence-electron chi connectivity index (χ4n) is 1.99. The molecule has 1 unspecified atom stereocenters. The van der Waals surface area contributed by atoms with Gasteiger partial charge in [-0.2, -0.15) is 8.42 Å². The van der Waals surface area contributed by atoms with Crippen LogP contribution in [0.3, 0.4) is 0 Å². The average Bonchev–Trinajstić information content (AvgIpc) is 2.36. The van der Waals surface area contributed by atoms with Crippen LogP contribution in [0.4, 0.5) is 0 Å². The van der Waals surface area contributed by atoms with Crippen molar-refractivity contribution in [2.75, 3.05) is 0 Å². The number of fused-ring (bicyclic) bond motifs is 1. The number of amides is 1. The van der Waals surface area contributed by atoms with Gasteiger partial charge in [-0.15, -0.1) is 0 Å². The SMILES string of the molecule is NC(=O)C(N)c1cccc2c1C=CCC2=S(=O)=O. The number of carbonyl (C=O) groups is 1. The third-order valence-corrected chi connectivity index (χ3v) is 3.66. The third kappa shape index (κ3) is 2.07. The van der Waals surface area contributed by atoms with E-state index in [1.54, 1.807) is 30.4 Å². The van der Waals surface area contributed by atoms with Crippen molar-refractivity contribution in [2.24, 2.45) is 11.5 Å². The number of benzene rings is 1. The molecule has 0 heterocycles. The Hall–Kier alpha value is -1.92. The Bertz CT molecular complexity index is 667. The topological polar surface area (TPSA) is 103 Å². The number of hydrogen-bond acceptors (Lipinski definition) is 4. The van der Waals surface area contributed by atoms with Gasteiger partial charge in [-0.1, -0.05) is 30.4 Å². The maximum absolute atomic E-state index is 11.1. The van der Waals surface area contributed by atoms with Crippen LogP contribution in [0.2, 0.25) is 0 Å². The van der Waals surface area contributed by atoms with E-state index >= 15 is 0 Å². The van der Waals surface area contributed by atoms with Gasteiger partial charge in [0.25, 0.3) is 0 Å². The van der Waals surface area contributed by atoms with Gasteiger partial charge in [0.1, 0.15) is 6.04 Å². The minimum atomic E-state index is -2.29. The summed E-state index contributed by atoms with van der Waals surface area (Å²) in [7, 11) is -2.29. The second-order valence-electron chi connectivity index (χ2n) is 3.95. The summed E-state index contributed by atoms with van der Waals surface area (Å²) < 4.78 is 22.3. The van der Waals surface area contributed by atoms with Crippen molar-refractivity contribution in [2.45, 2.75) is 12.5 Å². The molecule has 18 heavy (non-hydrogen) atoms. The van der Waals surface area contributed by atoms with Crippen molar-refractivity contribution in [3.63, 3.8) is 0 Å². The molecule has 1 aliphatic carbocycles. The summed E-state index contributed by atoms with van der Waals surface area (Å²) in [6.07, 6.45) is 3.84. The highest BCUT2D eigenvalue weighted by Gasteiger charge is 2.21. The molecule has 0 saturated heterocycles. The van der Waals surface area contributed by atoms with Crippen LogP contribution >= 0.6 is 0 Å². The van der Waals surface area contributed by atoms with Crippen LogP contribution in [0.5, 0.6) is 0 Å². The molecular weight excluding hydrogens is 252 g/mol. The number of primary amides is 1. The number of allylic oxidation sites excluding steroid dienone is 1. The van der Waals surface area contributed by atoms with E-state index in [0.29, 0.717) is 28.0 Å². The first kappa shape index (κ1) is 12.5. The van der Waals surface area contributed by atoms with Gasteiger partial charge in [0.2, 0.25) is 16.2 Å². The van der Waals surface area contributed by atoms with Crippen LogP contribution in [0.25, 0.3) is 6.08 Å². The maximum atomic E-state index is 11.1. The molecule has 0 spiro atoms. The molecule has 1 atom stereocenters. The largest absolute Gasteiger partial charge is 0.368 e. The lowest BCUT2D eigenvalue weighted by molar-refractivity contribution is -0.119. The van der Waals surface area contributed by atoms with Gasteiger partial charge >= 0.3 is 0 Å². The summed E-state index contributed by atoms with van der Waals surface area (Å²) in [5.41, 5.74) is 12.7. The highest BCUT2D eigenvalue weighted by Crippen LogP contribution is 2.26. The predicted molar refractivity (Wildman–Crippen MR) is 69.2 cm³/mol. The molecule has 1 aliphatic rings. The second kappa shape index (κ2) is 4.75.